The molecular formula is C9H19NO2. The second-order valence-electron chi connectivity index (χ2n) is 3.18. The van der Waals surface area contributed by atoms with Crippen molar-refractivity contribution in [2.24, 2.45) is 0 Å². The third-order valence-electron chi connectivity index (χ3n) is 1.47. The molecule has 0 unspecified atom stereocenters. The number of ether oxygens (including phenoxy) is 1. The van der Waals surface area contributed by atoms with Crippen LogP contribution in [0.25, 0.3) is 0 Å². The van der Waals surface area contributed by atoms with Crippen LogP contribution < -0.4 is 0 Å². The molecule has 0 aliphatic rings. The number of nitrogens with zero attached hydrogens (tertiary/aromatic N) is 1. The summed E-state index contributed by atoms with van der Waals surface area (Å²) in [6.45, 7) is 2.51. The van der Waals surface area contributed by atoms with E-state index < -0.39 is 0 Å². The Balaban J connectivity index is 3.22. The van der Waals surface area contributed by atoms with Gasteiger partial charge in [-0.15, -0.1) is 0 Å². The van der Waals surface area contributed by atoms with E-state index in [0.717, 1.165) is 19.3 Å². The first-order chi connectivity index (χ1) is 5.66. The lowest BCUT2D eigenvalue weighted by atomic mass is 10.2. The summed E-state index contributed by atoms with van der Waals surface area (Å²) < 4.78 is 4.94. The van der Waals surface area contributed by atoms with Gasteiger partial charge in [0.1, 0.15) is 6.73 Å². The third-order valence-corrected chi connectivity index (χ3v) is 1.47. The molecule has 0 aromatic carbocycles. The van der Waals surface area contributed by atoms with Gasteiger partial charge in [-0.2, -0.15) is 0 Å². The van der Waals surface area contributed by atoms with Crippen LogP contribution >= 0.6 is 0 Å². The lowest BCUT2D eigenvalue weighted by molar-refractivity contribution is -0.147. The Morgan fingerprint density at radius 3 is 2.50 bits per heavy atom. The molecule has 0 spiro atoms. The summed E-state index contributed by atoms with van der Waals surface area (Å²) in [5.74, 6) is -0.0860. The number of carbonyl (C=O) groups excluding carboxylic acids is 1. The van der Waals surface area contributed by atoms with Crippen LogP contribution in [0.2, 0.25) is 0 Å². The molecule has 0 rings (SSSR count). The molecule has 0 fully saturated rings. The molecule has 0 atom stereocenters. The quantitative estimate of drug-likeness (QED) is 0.347. The first kappa shape index (κ1) is 11.4. The maximum atomic E-state index is 11.0. The van der Waals surface area contributed by atoms with Crippen LogP contribution in [0, 0.1) is 0 Å². The molecule has 0 heterocycles. The number of unbranched alkanes of at least 4 members (excludes halogenated alkanes) is 2. The highest BCUT2D eigenvalue weighted by Crippen LogP contribution is 2.00. The molecule has 0 aromatic rings. The van der Waals surface area contributed by atoms with Crippen LogP contribution in [0.4, 0.5) is 0 Å². The highest BCUT2D eigenvalue weighted by molar-refractivity contribution is 5.69. The van der Waals surface area contributed by atoms with Gasteiger partial charge < -0.3 is 4.74 Å². The first-order valence-corrected chi connectivity index (χ1v) is 4.47. The van der Waals surface area contributed by atoms with Crippen LogP contribution in [0.3, 0.4) is 0 Å². The van der Waals surface area contributed by atoms with Crippen molar-refractivity contribution in [1.82, 2.24) is 4.90 Å². The fourth-order valence-electron chi connectivity index (χ4n) is 0.793. The molecule has 0 aromatic heterocycles. The van der Waals surface area contributed by atoms with Crippen LogP contribution in [0.5, 0.6) is 0 Å². The van der Waals surface area contributed by atoms with Gasteiger partial charge in [0.2, 0.25) is 0 Å². The molecule has 0 amide bonds. The van der Waals surface area contributed by atoms with Crippen molar-refractivity contribution < 1.29 is 9.53 Å². The van der Waals surface area contributed by atoms with E-state index in [1.807, 2.05) is 19.0 Å². The molecule has 0 saturated carbocycles. The Labute approximate surface area is 74.7 Å². The van der Waals surface area contributed by atoms with Crippen LogP contribution in [0.15, 0.2) is 0 Å². The summed E-state index contributed by atoms with van der Waals surface area (Å²) in [5.41, 5.74) is 0. The lowest BCUT2D eigenvalue weighted by Gasteiger charge is -2.09. The number of carbonyl (C=O) groups is 1. The van der Waals surface area contributed by atoms with Crippen molar-refractivity contribution in [1.29, 1.82) is 0 Å². The van der Waals surface area contributed by atoms with E-state index in [-0.39, 0.29) is 5.97 Å². The molecule has 3 heteroatoms. The van der Waals surface area contributed by atoms with E-state index in [1.165, 1.54) is 0 Å². The van der Waals surface area contributed by atoms with Crippen LogP contribution in [-0.2, 0) is 9.53 Å². The molecule has 0 radical (unpaired) electrons. The summed E-state index contributed by atoms with van der Waals surface area (Å²) in [4.78, 5) is 12.8. The molecule has 0 bridgehead atoms. The van der Waals surface area contributed by atoms with Crippen molar-refractivity contribution >= 4 is 5.97 Å². The van der Waals surface area contributed by atoms with Crippen molar-refractivity contribution in [2.45, 2.75) is 32.6 Å². The van der Waals surface area contributed by atoms with Gasteiger partial charge in [0.05, 0.1) is 0 Å². The van der Waals surface area contributed by atoms with E-state index in [2.05, 4.69) is 6.92 Å². The average molecular weight is 173 g/mol. The van der Waals surface area contributed by atoms with E-state index in [4.69, 9.17) is 4.74 Å². The van der Waals surface area contributed by atoms with E-state index >= 15 is 0 Å². The molecule has 0 saturated heterocycles. The second kappa shape index (κ2) is 7.10. The van der Waals surface area contributed by atoms with Gasteiger partial charge in [0.25, 0.3) is 0 Å². The zero-order valence-corrected chi connectivity index (χ0v) is 8.30. The normalized spacial score (nSPS) is 10.3. The Bertz CT molecular complexity index is 124. The van der Waals surface area contributed by atoms with E-state index in [9.17, 15) is 4.79 Å². The Hall–Kier alpha value is -0.570. The van der Waals surface area contributed by atoms with Crippen LogP contribution in [0.1, 0.15) is 32.6 Å². The maximum Gasteiger partial charge on any atom is 0.307 e. The monoisotopic (exact) mass is 173 g/mol. The number of hydrogen-bond acceptors (Lipinski definition) is 3. The minimum absolute atomic E-state index is 0.0860. The van der Waals surface area contributed by atoms with E-state index in [1.54, 1.807) is 0 Å². The zero-order chi connectivity index (χ0) is 9.40. The van der Waals surface area contributed by atoms with Gasteiger partial charge in [0.15, 0.2) is 0 Å². The third kappa shape index (κ3) is 7.54. The summed E-state index contributed by atoms with van der Waals surface area (Å²) in [5, 5.41) is 0. The molecule has 72 valence electrons. The molecule has 0 aliphatic carbocycles. The SMILES string of the molecule is CCCCCC(=O)OCN(C)C. The lowest BCUT2D eigenvalue weighted by Crippen LogP contribution is -2.19. The molecule has 0 aliphatic heterocycles. The summed E-state index contributed by atoms with van der Waals surface area (Å²) in [6.07, 6.45) is 3.75. The van der Waals surface area contributed by atoms with Crippen molar-refractivity contribution in [3.63, 3.8) is 0 Å². The maximum absolute atomic E-state index is 11.0. The molecule has 12 heavy (non-hydrogen) atoms. The predicted octanol–water partition coefficient (Wildman–Crippen LogP) is 1.63. The zero-order valence-electron chi connectivity index (χ0n) is 8.30. The van der Waals surface area contributed by atoms with Gasteiger partial charge in [-0.05, 0) is 20.5 Å². The summed E-state index contributed by atoms with van der Waals surface area (Å²) >= 11 is 0. The van der Waals surface area contributed by atoms with Crippen molar-refractivity contribution in [3.05, 3.63) is 0 Å². The summed E-state index contributed by atoms with van der Waals surface area (Å²) in [7, 11) is 3.75. The molecule has 3 nitrogen and oxygen atoms in total. The summed E-state index contributed by atoms with van der Waals surface area (Å²) in [6, 6.07) is 0. The molecular weight excluding hydrogens is 154 g/mol. The van der Waals surface area contributed by atoms with Gasteiger partial charge in [-0.3, -0.25) is 9.69 Å². The second-order valence-corrected chi connectivity index (χ2v) is 3.18. The number of hydrogen-bond donors (Lipinski definition) is 0. The minimum atomic E-state index is -0.0860. The van der Waals surface area contributed by atoms with Crippen molar-refractivity contribution in [3.8, 4) is 0 Å². The fraction of sp³-hybridized carbons (Fsp3) is 0.889. The first-order valence-electron chi connectivity index (χ1n) is 4.47. The predicted molar refractivity (Wildman–Crippen MR) is 48.8 cm³/mol. The van der Waals surface area contributed by atoms with Crippen LogP contribution in [-0.4, -0.2) is 31.7 Å². The highest BCUT2D eigenvalue weighted by Gasteiger charge is 2.01. The number of rotatable bonds is 6. The molecule has 0 N–H and O–H groups in total. The van der Waals surface area contributed by atoms with Crippen molar-refractivity contribution in [2.75, 3.05) is 20.8 Å². The largest absolute Gasteiger partial charge is 0.450 e. The fourth-order valence-corrected chi connectivity index (χ4v) is 0.793. The Morgan fingerprint density at radius 2 is 2.00 bits per heavy atom. The standard InChI is InChI=1S/C9H19NO2/c1-4-5-6-7-9(11)12-8-10(2)3/h4-8H2,1-3H3. The average Bonchev–Trinajstić information content (AvgIpc) is 2.01. The van der Waals surface area contributed by atoms with Gasteiger partial charge in [-0.1, -0.05) is 19.8 Å². The smallest absolute Gasteiger partial charge is 0.307 e. The van der Waals surface area contributed by atoms with Gasteiger partial charge in [-0.25, -0.2) is 0 Å². The van der Waals surface area contributed by atoms with Gasteiger partial charge in [0, 0.05) is 6.42 Å². The topological polar surface area (TPSA) is 29.5 Å². The number of esters is 1. The Morgan fingerprint density at radius 1 is 1.33 bits per heavy atom. The van der Waals surface area contributed by atoms with E-state index in [0.29, 0.717) is 13.2 Å². The highest BCUT2D eigenvalue weighted by atomic mass is 16.5. The Kier molecular flexibility index (Phi) is 6.76. The minimum Gasteiger partial charge on any atom is -0.450 e. The van der Waals surface area contributed by atoms with Gasteiger partial charge >= 0.3 is 5.97 Å².